The van der Waals surface area contributed by atoms with Crippen molar-refractivity contribution in [2.24, 2.45) is 22.2 Å². The third kappa shape index (κ3) is 11.4. The zero-order chi connectivity index (χ0) is 28.1. The van der Waals surface area contributed by atoms with Gasteiger partial charge in [0.05, 0.1) is 12.1 Å². The van der Waals surface area contributed by atoms with E-state index in [1.807, 2.05) is 0 Å². The van der Waals surface area contributed by atoms with E-state index in [9.17, 15) is 34.5 Å². The summed E-state index contributed by atoms with van der Waals surface area (Å²) in [7, 11) is 0. The van der Waals surface area contributed by atoms with Gasteiger partial charge in [-0.1, -0.05) is 12.1 Å². The van der Waals surface area contributed by atoms with E-state index in [-0.39, 0.29) is 36.8 Å². The Hall–Kier alpha value is -3.56. The minimum atomic E-state index is -1.62. The van der Waals surface area contributed by atoms with E-state index in [1.165, 1.54) is 31.2 Å². The monoisotopic (exact) mass is 541 g/mol. The molecule has 0 radical (unpaired) electrons. The van der Waals surface area contributed by atoms with Crippen molar-refractivity contribution < 1.29 is 34.5 Å². The molecule has 0 fully saturated rings. The molecule has 0 saturated carbocycles. The first kappa shape index (κ1) is 31.5. The normalized spacial score (nSPS) is 14.8. The number of nitrogens with two attached hydrogens (primary N) is 3. The van der Waals surface area contributed by atoms with Crippen LogP contribution in [-0.2, 0) is 25.6 Å². The molecule has 0 bridgehead atoms. The van der Waals surface area contributed by atoms with Crippen molar-refractivity contribution >= 4 is 42.3 Å². The van der Waals surface area contributed by atoms with Crippen LogP contribution in [0, 0.1) is 0 Å². The molecule has 12 N–H and O–H groups in total. The van der Waals surface area contributed by atoms with Gasteiger partial charge in [-0.05, 0) is 37.5 Å². The second kappa shape index (κ2) is 15.5. The lowest BCUT2D eigenvalue weighted by molar-refractivity contribution is -0.145. The third-order valence-electron chi connectivity index (χ3n) is 5.18. The van der Waals surface area contributed by atoms with Crippen LogP contribution in [0.2, 0.25) is 0 Å². The van der Waals surface area contributed by atoms with Gasteiger partial charge in [-0.3, -0.25) is 19.4 Å². The lowest BCUT2D eigenvalue weighted by Crippen LogP contribution is -2.59. The van der Waals surface area contributed by atoms with Gasteiger partial charge < -0.3 is 48.5 Å². The highest BCUT2D eigenvalue weighted by atomic mass is 32.1. The van der Waals surface area contributed by atoms with Gasteiger partial charge in [0.15, 0.2) is 12.0 Å². The summed E-state index contributed by atoms with van der Waals surface area (Å²) in [6.07, 6.45) is -0.829. The number of amides is 3. The molecule has 1 aromatic rings. The first-order valence-electron chi connectivity index (χ1n) is 11.4. The number of aliphatic carboxylic acids is 1. The number of carbonyl (C=O) groups excluding carboxylic acids is 3. The van der Waals surface area contributed by atoms with Crippen molar-refractivity contribution in [3.05, 3.63) is 29.8 Å². The number of hydrogen-bond donors (Lipinski definition) is 10. The molecule has 3 amide bonds. The largest absolute Gasteiger partial charge is 0.508 e. The molecule has 0 aliphatic rings. The lowest BCUT2D eigenvalue weighted by atomic mass is 10.0. The predicted octanol–water partition coefficient (Wildman–Crippen LogP) is -2.83. The third-order valence-corrected chi connectivity index (χ3v) is 5.54. The number of benzene rings is 1. The zero-order valence-corrected chi connectivity index (χ0v) is 21.2. The zero-order valence-electron chi connectivity index (χ0n) is 20.3. The maximum atomic E-state index is 12.9. The number of nitrogens with zero attached hydrogens (tertiary/aromatic N) is 1. The number of carbonyl (C=O) groups is 4. The van der Waals surface area contributed by atoms with Crippen LogP contribution in [0.5, 0.6) is 5.75 Å². The summed E-state index contributed by atoms with van der Waals surface area (Å²) in [4.78, 5) is 53.5. The van der Waals surface area contributed by atoms with E-state index in [2.05, 4.69) is 33.6 Å². The molecule has 37 heavy (non-hydrogen) atoms. The number of thiol groups is 1. The Morgan fingerprint density at radius 3 is 2.08 bits per heavy atom. The van der Waals surface area contributed by atoms with Crippen molar-refractivity contribution in [1.82, 2.24) is 16.0 Å². The molecule has 15 heteroatoms. The number of carboxylic acids is 1. The van der Waals surface area contributed by atoms with Crippen molar-refractivity contribution in [1.29, 1.82) is 0 Å². The van der Waals surface area contributed by atoms with Crippen molar-refractivity contribution in [3.8, 4) is 5.75 Å². The number of aromatic hydroxyl groups is 1. The molecule has 14 nitrogen and oxygen atoms in total. The number of nitrogens with one attached hydrogen (secondary N) is 3. The van der Waals surface area contributed by atoms with E-state index in [1.54, 1.807) is 0 Å². The molecule has 1 aromatic carbocycles. The highest BCUT2D eigenvalue weighted by Crippen LogP contribution is 2.12. The second-order valence-electron chi connectivity index (χ2n) is 8.30. The standard InChI is InChI=1S/C22H35N7O7S/c1-11(30)17(21(35)36)29-19(33)15(9-12-4-6-13(31)7-5-12)27-20(34)16(10-37)28-18(32)14(23)3-2-8-26-22(24)25/h4-7,11,14-17,30-31,37H,2-3,8-10,23H2,1H3,(H,27,34)(H,28,32)(H,29,33)(H,35,36)(H4,24,25,26). The SMILES string of the molecule is CC(O)C(NC(=O)C(Cc1ccc(O)cc1)NC(=O)C(CS)NC(=O)C(N)CCCN=C(N)N)C(=O)O. The Morgan fingerprint density at radius 2 is 1.57 bits per heavy atom. The smallest absolute Gasteiger partial charge is 0.328 e. The Morgan fingerprint density at radius 1 is 1.00 bits per heavy atom. The van der Waals surface area contributed by atoms with Crippen molar-refractivity contribution in [3.63, 3.8) is 0 Å². The number of phenols is 1. The van der Waals surface area contributed by atoms with E-state index in [0.717, 1.165) is 0 Å². The average Bonchev–Trinajstić information content (AvgIpc) is 2.83. The molecule has 5 unspecified atom stereocenters. The van der Waals surface area contributed by atoms with E-state index < -0.39 is 54.0 Å². The Bertz CT molecular complexity index is 955. The predicted molar refractivity (Wildman–Crippen MR) is 139 cm³/mol. The molecule has 5 atom stereocenters. The van der Waals surface area contributed by atoms with Crippen LogP contribution in [0.25, 0.3) is 0 Å². The molecular formula is C22H35N7O7S. The maximum Gasteiger partial charge on any atom is 0.328 e. The van der Waals surface area contributed by atoms with Crippen LogP contribution < -0.4 is 33.2 Å². The van der Waals surface area contributed by atoms with Gasteiger partial charge in [-0.15, -0.1) is 0 Å². The maximum absolute atomic E-state index is 12.9. The van der Waals surface area contributed by atoms with Crippen LogP contribution in [0.4, 0.5) is 0 Å². The molecule has 0 saturated heterocycles. The fourth-order valence-electron chi connectivity index (χ4n) is 3.12. The summed E-state index contributed by atoms with van der Waals surface area (Å²) >= 11 is 4.10. The minimum absolute atomic E-state index is 0.0127. The topological polar surface area (TPSA) is 255 Å². The fraction of sp³-hybridized carbons (Fsp3) is 0.500. The summed E-state index contributed by atoms with van der Waals surface area (Å²) in [5.74, 6) is -3.96. The van der Waals surface area contributed by atoms with Crippen molar-refractivity contribution in [2.75, 3.05) is 12.3 Å². The molecule has 0 heterocycles. The molecule has 0 aliphatic heterocycles. The number of aliphatic hydroxyl groups excluding tert-OH is 1. The highest BCUT2D eigenvalue weighted by molar-refractivity contribution is 7.80. The number of guanidine groups is 1. The average molecular weight is 542 g/mol. The second-order valence-corrected chi connectivity index (χ2v) is 8.66. The quantitative estimate of drug-likeness (QED) is 0.0471. The lowest BCUT2D eigenvalue weighted by Gasteiger charge is -2.25. The molecule has 0 aromatic heterocycles. The Labute approximate surface area is 219 Å². The molecule has 1 rings (SSSR count). The van der Waals surface area contributed by atoms with Crippen LogP contribution >= 0.6 is 12.6 Å². The number of rotatable bonds is 15. The van der Waals surface area contributed by atoms with Gasteiger partial charge in [0.25, 0.3) is 0 Å². The van der Waals surface area contributed by atoms with E-state index in [0.29, 0.717) is 12.0 Å². The summed E-state index contributed by atoms with van der Waals surface area (Å²) < 4.78 is 0. The van der Waals surface area contributed by atoms with Crippen molar-refractivity contribution in [2.45, 2.75) is 56.5 Å². The van der Waals surface area contributed by atoms with Gasteiger partial charge in [0.2, 0.25) is 17.7 Å². The Balaban J connectivity index is 2.95. The van der Waals surface area contributed by atoms with E-state index >= 15 is 0 Å². The molecule has 206 valence electrons. The molecular weight excluding hydrogens is 506 g/mol. The summed E-state index contributed by atoms with van der Waals surface area (Å²) in [6, 6.07) is 0.772. The van der Waals surface area contributed by atoms with Crippen LogP contribution in [0.1, 0.15) is 25.3 Å². The number of aliphatic hydroxyl groups is 1. The van der Waals surface area contributed by atoms with Gasteiger partial charge in [-0.25, -0.2) is 4.79 Å². The highest BCUT2D eigenvalue weighted by Gasteiger charge is 2.31. The summed E-state index contributed by atoms with van der Waals surface area (Å²) in [5.41, 5.74) is 16.9. The number of phenolic OH excluding ortho intramolecular Hbond substituents is 1. The Kier molecular flexibility index (Phi) is 13.2. The van der Waals surface area contributed by atoms with Gasteiger partial charge in [0, 0.05) is 18.7 Å². The number of carboxylic acid groups (broad SMARTS) is 1. The summed E-state index contributed by atoms with van der Waals surface area (Å²) in [5, 5.41) is 35.6. The first-order valence-corrected chi connectivity index (χ1v) is 12.0. The van der Waals surface area contributed by atoms with Crippen LogP contribution in [-0.4, -0.2) is 87.5 Å². The number of hydrogen-bond acceptors (Lipinski definition) is 9. The molecule has 0 aliphatic carbocycles. The summed E-state index contributed by atoms with van der Waals surface area (Å²) in [6.45, 7) is 1.47. The van der Waals surface area contributed by atoms with Gasteiger partial charge in [0.1, 0.15) is 17.8 Å². The number of aliphatic imine (C=N–C) groups is 1. The molecule has 0 spiro atoms. The minimum Gasteiger partial charge on any atom is -0.508 e. The fourth-order valence-corrected chi connectivity index (χ4v) is 3.37. The van der Waals surface area contributed by atoms with Gasteiger partial charge >= 0.3 is 5.97 Å². The van der Waals surface area contributed by atoms with Crippen LogP contribution in [0.15, 0.2) is 29.3 Å². The van der Waals surface area contributed by atoms with Gasteiger partial charge in [-0.2, -0.15) is 12.6 Å². The van der Waals surface area contributed by atoms with E-state index in [4.69, 9.17) is 17.2 Å². The van der Waals surface area contributed by atoms with Crippen LogP contribution in [0.3, 0.4) is 0 Å². The first-order chi connectivity index (χ1) is 17.3.